The minimum atomic E-state index is -3.94. The van der Waals surface area contributed by atoms with Gasteiger partial charge in [0.2, 0.25) is 0 Å². The van der Waals surface area contributed by atoms with E-state index in [9.17, 15) is 16.8 Å². The van der Waals surface area contributed by atoms with Crippen molar-refractivity contribution in [2.24, 2.45) is 0 Å². The van der Waals surface area contributed by atoms with E-state index in [1.54, 1.807) is 56.4 Å². The van der Waals surface area contributed by atoms with E-state index in [4.69, 9.17) is 19.4 Å². The average molecular weight is 626 g/mol. The number of pyridine rings is 1. The van der Waals surface area contributed by atoms with Gasteiger partial charge in [0.15, 0.2) is 32.9 Å². The summed E-state index contributed by atoms with van der Waals surface area (Å²) in [7, 11) is -7.59. The standard InChI is InChI=1S/C30H35N5O6S2/c1-6-10-20-15-31-28-23(13-14-34(28)43(38,39)22-11-8-7-9-12-22)24(20)27-32-26(30(3,4)42(5,36)37)25-29(33-27)35-19(2)16-40-17-21(35)18-41-25/h7-9,11-15,19,21H,6,10,16-18H2,1-5H3/t19-,21+/m1/s1. The molecular weight excluding hydrogens is 590 g/mol. The molecule has 2 aliphatic heterocycles. The maximum absolute atomic E-state index is 13.6. The third kappa shape index (κ3) is 4.77. The molecule has 0 spiro atoms. The molecule has 2 atom stereocenters. The normalized spacial score (nSPS) is 19.1. The van der Waals surface area contributed by atoms with E-state index in [-0.39, 0.29) is 28.3 Å². The topological polar surface area (TPSA) is 134 Å². The Bertz CT molecular complexity index is 1920. The Morgan fingerprint density at radius 1 is 1.02 bits per heavy atom. The summed E-state index contributed by atoms with van der Waals surface area (Å²) in [4.78, 5) is 16.8. The van der Waals surface area contributed by atoms with E-state index < -0.39 is 24.6 Å². The number of hydrogen-bond acceptors (Lipinski definition) is 10. The molecule has 43 heavy (non-hydrogen) atoms. The van der Waals surface area contributed by atoms with Crippen LogP contribution < -0.4 is 9.64 Å². The zero-order chi connectivity index (χ0) is 30.7. The van der Waals surface area contributed by atoms with Crippen molar-refractivity contribution in [2.45, 2.75) is 62.3 Å². The molecule has 0 bridgehead atoms. The van der Waals surface area contributed by atoms with Crippen molar-refractivity contribution in [3.8, 4) is 17.1 Å². The highest BCUT2D eigenvalue weighted by Gasteiger charge is 2.44. The zero-order valence-corrected chi connectivity index (χ0v) is 26.4. The van der Waals surface area contributed by atoms with E-state index in [1.165, 1.54) is 16.4 Å². The first kappa shape index (κ1) is 29.5. The van der Waals surface area contributed by atoms with Crippen LogP contribution in [-0.2, 0) is 35.8 Å². The fourth-order valence-electron chi connectivity index (χ4n) is 5.75. The Labute approximate surface area is 251 Å². The molecule has 1 saturated heterocycles. The van der Waals surface area contributed by atoms with Crippen molar-refractivity contribution in [1.29, 1.82) is 0 Å². The van der Waals surface area contributed by atoms with Crippen molar-refractivity contribution < 1.29 is 26.3 Å². The fraction of sp³-hybridized carbons (Fsp3) is 0.433. The van der Waals surface area contributed by atoms with Crippen molar-refractivity contribution in [2.75, 3.05) is 31.0 Å². The Kier molecular flexibility index (Phi) is 7.25. The van der Waals surface area contributed by atoms with Crippen molar-refractivity contribution in [3.63, 3.8) is 0 Å². The highest BCUT2D eigenvalue weighted by atomic mass is 32.2. The van der Waals surface area contributed by atoms with E-state index in [0.717, 1.165) is 12.0 Å². The number of aryl methyl sites for hydroxylation is 1. The van der Waals surface area contributed by atoms with Crippen molar-refractivity contribution in [3.05, 3.63) is 60.0 Å². The molecule has 1 fully saturated rings. The van der Waals surface area contributed by atoms with Crippen LogP contribution in [0.4, 0.5) is 5.82 Å². The van der Waals surface area contributed by atoms with Gasteiger partial charge in [0.1, 0.15) is 17.0 Å². The monoisotopic (exact) mass is 625 g/mol. The number of benzene rings is 1. The smallest absolute Gasteiger partial charge is 0.269 e. The Morgan fingerprint density at radius 2 is 1.77 bits per heavy atom. The maximum Gasteiger partial charge on any atom is 0.269 e. The molecule has 1 aromatic carbocycles. The van der Waals surface area contributed by atoms with Gasteiger partial charge in [-0.15, -0.1) is 0 Å². The lowest BCUT2D eigenvalue weighted by molar-refractivity contribution is 0.0482. The quantitative estimate of drug-likeness (QED) is 0.297. The molecule has 228 valence electrons. The van der Waals surface area contributed by atoms with Crippen LogP contribution >= 0.6 is 0 Å². The summed E-state index contributed by atoms with van der Waals surface area (Å²) in [5.74, 6) is 1.14. The van der Waals surface area contributed by atoms with Gasteiger partial charge in [-0.25, -0.2) is 35.8 Å². The second kappa shape index (κ2) is 10.6. The third-order valence-electron chi connectivity index (χ3n) is 8.35. The SMILES string of the molecule is CCCc1cnc2c(ccn2S(=O)(=O)c2ccccc2)c1-c1nc2c(c(C(C)(C)S(C)(=O)=O)n1)OC[C@@H]1COC[C@@H](C)N21. The van der Waals surface area contributed by atoms with Gasteiger partial charge in [0.25, 0.3) is 10.0 Å². The van der Waals surface area contributed by atoms with Crippen LogP contribution in [0.15, 0.2) is 53.7 Å². The first-order chi connectivity index (χ1) is 20.4. The Balaban J connectivity index is 1.65. The molecule has 2 aliphatic rings. The van der Waals surface area contributed by atoms with E-state index in [0.29, 0.717) is 54.6 Å². The third-order valence-corrected chi connectivity index (χ3v) is 12.1. The summed E-state index contributed by atoms with van der Waals surface area (Å²) >= 11 is 0. The summed E-state index contributed by atoms with van der Waals surface area (Å²) in [6, 6.07) is 9.75. The minimum Gasteiger partial charge on any atom is -0.486 e. The number of rotatable bonds is 7. The summed E-state index contributed by atoms with van der Waals surface area (Å²) in [5.41, 5.74) is 1.94. The summed E-state index contributed by atoms with van der Waals surface area (Å²) < 4.78 is 65.3. The van der Waals surface area contributed by atoms with Gasteiger partial charge < -0.3 is 14.4 Å². The highest BCUT2D eigenvalue weighted by Crippen LogP contribution is 2.45. The predicted molar refractivity (Wildman–Crippen MR) is 164 cm³/mol. The molecule has 13 heteroatoms. The van der Waals surface area contributed by atoms with Gasteiger partial charge in [-0.2, -0.15) is 0 Å². The molecule has 0 N–H and O–H groups in total. The molecule has 0 radical (unpaired) electrons. The molecule has 0 amide bonds. The molecule has 6 rings (SSSR count). The molecule has 3 aromatic heterocycles. The number of sulfone groups is 1. The van der Waals surface area contributed by atoms with Crippen LogP contribution in [-0.4, -0.2) is 73.9 Å². The Hall–Kier alpha value is -3.55. The van der Waals surface area contributed by atoms with Crippen LogP contribution in [0.2, 0.25) is 0 Å². The minimum absolute atomic E-state index is 0.0389. The largest absolute Gasteiger partial charge is 0.486 e. The predicted octanol–water partition coefficient (Wildman–Crippen LogP) is 3.95. The van der Waals surface area contributed by atoms with Gasteiger partial charge in [0, 0.05) is 29.6 Å². The molecule has 0 unspecified atom stereocenters. The Morgan fingerprint density at radius 3 is 2.47 bits per heavy atom. The lowest BCUT2D eigenvalue weighted by atomic mass is 10.00. The van der Waals surface area contributed by atoms with Crippen molar-refractivity contribution >= 4 is 36.7 Å². The lowest BCUT2D eigenvalue weighted by Crippen LogP contribution is -2.56. The summed E-state index contributed by atoms with van der Waals surface area (Å²) in [6.07, 6.45) is 5.77. The van der Waals surface area contributed by atoms with E-state index in [2.05, 4.69) is 9.88 Å². The number of fused-ring (bicyclic) bond motifs is 4. The highest BCUT2D eigenvalue weighted by molar-refractivity contribution is 7.91. The van der Waals surface area contributed by atoms with E-state index in [1.807, 2.05) is 13.8 Å². The van der Waals surface area contributed by atoms with Crippen LogP contribution in [0.1, 0.15) is 45.4 Å². The number of anilines is 1. The van der Waals surface area contributed by atoms with Crippen LogP contribution in [0.3, 0.4) is 0 Å². The summed E-state index contributed by atoms with van der Waals surface area (Å²) in [6.45, 7) is 8.56. The van der Waals surface area contributed by atoms with Gasteiger partial charge >= 0.3 is 0 Å². The van der Waals surface area contributed by atoms with Gasteiger partial charge in [-0.3, -0.25) is 0 Å². The zero-order valence-electron chi connectivity index (χ0n) is 24.8. The summed E-state index contributed by atoms with van der Waals surface area (Å²) in [5, 5.41) is 0.553. The first-order valence-electron chi connectivity index (χ1n) is 14.3. The molecule has 0 saturated carbocycles. The maximum atomic E-state index is 13.6. The fourth-order valence-corrected chi connectivity index (χ4v) is 7.57. The van der Waals surface area contributed by atoms with Crippen molar-refractivity contribution in [1.82, 2.24) is 18.9 Å². The van der Waals surface area contributed by atoms with E-state index >= 15 is 0 Å². The molecule has 0 aliphatic carbocycles. The second-order valence-corrected chi connectivity index (χ2v) is 16.0. The molecule has 5 heterocycles. The second-order valence-electron chi connectivity index (χ2n) is 11.7. The number of morpholine rings is 1. The van der Waals surface area contributed by atoms with Crippen LogP contribution in [0, 0.1) is 0 Å². The number of aromatic nitrogens is 4. The van der Waals surface area contributed by atoms with Gasteiger partial charge in [-0.1, -0.05) is 31.5 Å². The molecular formula is C30H35N5O6S2. The van der Waals surface area contributed by atoms with Crippen LogP contribution in [0.25, 0.3) is 22.4 Å². The first-order valence-corrected chi connectivity index (χ1v) is 17.6. The lowest BCUT2D eigenvalue weighted by Gasteiger charge is -2.45. The van der Waals surface area contributed by atoms with Gasteiger partial charge in [-0.05, 0) is 51.0 Å². The average Bonchev–Trinajstić information content (AvgIpc) is 3.41. The van der Waals surface area contributed by atoms with Crippen LogP contribution in [0.5, 0.6) is 5.75 Å². The molecule has 4 aromatic rings. The number of ether oxygens (including phenoxy) is 2. The molecule has 11 nitrogen and oxygen atoms in total. The van der Waals surface area contributed by atoms with Gasteiger partial charge in [0.05, 0.1) is 30.2 Å². The number of nitrogens with zero attached hydrogens (tertiary/aromatic N) is 5. The number of hydrogen-bond donors (Lipinski definition) is 0.